The van der Waals surface area contributed by atoms with Crippen molar-refractivity contribution in [3.05, 3.63) is 24.3 Å². The molecule has 3 N–H and O–H groups in total. The molecule has 1 heterocycles. The molecule has 1 aliphatic heterocycles. The van der Waals surface area contributed by atoms with Crippen LogP contribution in [0.25, 0.3) is 0 Å². The monoisotopic (exact) mass is 359 g/mol. The number of nitrogens with zero attached hydrogens (tertiary/aromatic N) is 1. The summed E-state index contributed by atoms with van der Waals surface area (Å²) in [6.07, 6.45) is -3.26. The van der Waals surface area contributed by atoms with E-state index in [1.54, 1.807) is 6.07 Å². The predicted molar refractivity (Wildman–Crippen MR) is 85.1 cm³/mol. The average molecular weight is 359 g/mol. The quantitative estimate of drug-likeness (QED) is 0.867. The van der Waals surface area contributed by atoms with Crippen molar-refractivity contribution in [1.82, 2.24) is 4.90 Å². The van der Waals surface area contributed by atoms with Gasteiger partial charge in [0.25, 0.3) is 0 Å². The molecule has 2 rings (SSSR count). The molecule has 2 atom stereocenters. The lowest BCUT2D eigenvalue weighted by molar-refractivity contribution is -0.153. The zero-order chi connectivity index (χ0) is 18.6. The van der Waals surface area contributed by atoms with E-state index in [0.717, 1.165) is 0 Å². The fourth-order valence-electron chi connectivity index (χ4n) is 2.66. The minimum Gasteiger partial charge on any atom is -0.482 e. The minimum absolute atomic E-state index is 0.0794. The van der Waals surface area contributed by atoms with Gasteiger partial charge in [-0.25, -0.2) is 4.79 Å². The van der Waals surface area contributed by atoms with E-state index in [9.17, 15) is 22.8 Å². The summed E-state index contributed by atoms with van der Waals surface area (Å²) in [6, 6.07) is 5.24. The van der Waals surface area contributed by atoms with E-state index >= 15 is 0 Å². The van der Waals surface area contributed by atoms with Crippen LogP contribution in [0.4, 0.5) is 23.7 Å². The summed E-state index contributed by atoms with van der Waals surface area (Å²) in [6.45, 7) is 0.556. The first kappa shape index (κ1) is 18.9. The highest BCUT2D eigenvalue weighted by Crippen LogP contribution is 2.28. The SMILES string of the molecule is C[C@@H]1CC[C@H](C(N)=O)CN1C(=O)Nc1ccccc1OCC(F)(F)F. The molecule has 0 aromatic heterocycles. The molecule has 1 aromatic rings. The van der Waals surface area contributed by atoms with Gasteiger partial charge in [-0.1, -0.05) is 12.1 Å². The lowest BCUT2D eigenvalue weighted by Gasteiger charge is -2.36. The van der Waals surface area contributed by atoms with Crippen LogP contribution in [-0.4, -0.2) is 42.2 Å². The van der Waals surface area contributed by atoms with E-state index in [-0.39, 0.29) is 24.0 Å². The van der Waals surface area contributed by atoms with Gasteiger partial charge in [0.05, 0.1) is 11.6 Å². The number of alkyl halides is 3. The van der Waals surface area contributed by atoms with E-state index in [2.05, 4.69) is 5.32 Å². The molecule has 0 radical (unpaired) electrons. The molecule has 3 amide bonds. The third kappa shape index (κ3) is 5.27. The molecule has 1 aromatic carbocycles. The van der Waals surface area contributed by atoms with E-state index in [1.807, 2.05) is 6.92 Å². The number of nitrogens with two attached hydrogens (primary N) is 1. The third-order valence-corrected chi connectivity index (χ3v) is 4.07. The molecule has 1 fully saturated rings. The minimum atomic E-state index is -4.48. The van der Waals surface area contributed by atoms with Crippen molar-refractivity contribution in [2.45, 2.75) is 32.0 Å². The van der Waals surface area contributed by atoms with Gasteiger partial charge in [-0.2, -0.15) is 13.2 Å². The van der Waals surface area contributed by atoms with Crippen molar-refractivity contribution in [2.24, 2.45) is 11.7 Å². The first-order chi connectivity index (χ1) is 11.7. The number of hydrogen-bond acceptors (Lipinski definition) is 3. The van der Waals surface area contributed by atoms with Crippen LogP contribution in [0.3, 0.4) is 0 Å². The summed E-state index contributed by atoms with van der Waals surface area (Å²) in [5.41, 5.74) is 5.44. The number of nitrogens with one attached hydrogen (secondary N) is 1. The van der Waals surface area contributed by atoms with Crippen LogP contribution < -0.4 is 15.8 Å². The molecule has 1 aliphatic rings. The summed E-state index contributed by atoms with van der Waals surface area (Å²) in [4.78, 5) is 25.3. The lowest BCUT2D eigenvalue weighted by Crippen LogP contribution is -2.50. The molecule has 9 heteroatoms. The number of piperidine rings is 1. The fraction of sp³-hybridized carbons (Fsp3) is 0.500. The van der Waals surface area contributed by atoms with Crippen molar-refractivity contribution in [3.8, 4) is 5.75 Å². The Kier molecular flexibility index (Phi) is 5.76. The Morgan fingerprint density at radius 3 is 2.64 bits per heavy atom. The van der Waals surface area contributed by atoms with E-state index < -0.39 is 30.6 Å². The summed E-state index contributed by atoms with van der Waals surface area (Å²) >= 11 is 0. The maximum absolute atomic E-state index is 12.5. The number of anilines is 1. The van der Waals surface area contributed by atoms with Crippen molar-refractivity contribution in [2.75, 3.05) is 18.5 Å². The third-order valence-electron chi connectivity index (χ3n) is 4.07. The number of hydrogen-bond donors (Lipinski definition) is 2. The number of carbonyl (C=O) groups is 2. The number of carbonyl (C=O) groups excluding carboxylic acids is 2. The van der Waals surface area contributed by atoms with Gasteiger partial charge in [0.15, 0.2) is 6.61 Å². The molecule has 0 aliphatic carbocycles. The summed E-state index contributed by atoms with van der Waals surface area (Å²) in [5, 5.41) is 2.55. The maximum atomic E-state index is 12.5. The molecule has 25 heavy (non-hydrogen) atoms. The average Bonchev–Trinajstić information content (AvgIpc) is 2.53. The molecular weight excluding hydrogens is 339 g/mol. The van der Waals surface area contributed by atoms with Crippen molar-refractivity contribution in [1.29, 1.82) is 0 Å². The zero-order valence-electron chi connectivity index (χ0n) is 13.7. The summed E-state index contributed by atoms with van der Waals surface area (Å²) in [7, 11) is 0. The summed E-state index contributed by atoms with van der Waals surface area (Å²) in [5.74, 6) is -0.985. The normalized spacial score (nSPS) is 20.9. The van der Waals surface area contributed by atoms with Crippen molar-refractivity contribution in [3.63, 3.8) is 0 Å². The number of primary amides is 1. The molecule has 0 unspecified atom stereocenters. The zero-order valence-corrected chi connectivity index (χ0v) is 13.7. The van der Waals surface area contributed by atoms with Gasteiger partial charge in [0.2, 0.25) is 5.91 Å². The van der Waals surface area contributed by atoms with Crippen molar-refractivity contribution >= 4 is 17.6 Å². The molecular formula is C16H20F3N3O3. The highest BCUT2D eigenvalue weighted by molar-refractivity contribution is 5.91. The van der Waals surface area contributed by atoms with Gasteiger partial charge in [-0.15, -0.1) is 0 Å². The van der Waals surface area contributed by atoms with E-state index in [1.165, 1.54) is 23.1 Å². The Morgan fingerprint density at radius 1 is 1.32 bits per heavy atom. The molecule has 0 bridgehead atoms. The smallest absolute Gasteiger partial charge is 0.422 e. The highest BCUT2D eigenvalue weighted by atomic mass is 19.4. The molecule has 6 nitrogen and oxygen atoms in total. The number of ether oxygens (including phenoxy) is 1. The second-order valence-electron chi connectivity index (χ2n) is 6.01. The van der Waals surface area contributed by atoms with E-state index in [4.69, 9.17) is 10.5 Å². The lowest BCUT2D eigenvalue weighted by atomic mass is 9.93. The number of halogens is 3. The topological polar surface area (TPSA) is 84.7 Å². The van der Waals surface area contributed by atoms with E-state index in [0.29, 0.717) is 12.8 Å². The number of likely N-dealkylation sites (tertiary alicyclic amines) is 1. The number of urea groups is 1. The van der Waals surface area contributed by atoms with Crippen LogP contribution >= 0.6 is 0 Å². The van der Waals surface area contributed by atoms with Gasteiger partial charge >= 0.3 is 12.2 Å². The van der Waals surface area contributed by atoms with Crippen molar-refractivity contribution < 1.29 is 27.5 Å². The standard InChI is InChI=1S/C16H20F3N3O3/c1-10-6-7-11(14(20)23)8-22(10)15(24)21-12-4-2-3-5-13(12)25-9-16(17,18)19/h2-5,10-11H,6-9H2,1H3,(H2,20,23)(H,21,24)/t10-,11+/m1/s1. The van der Waals surface area contributed by atoms with Gasteiger partial charge < -0.3 is 20.7 Å². The molecule has 0 saturated carbocycles. The van der Waals surface area contributed by atoms with Crippen LogP contribution in [0, 0.1) is 5.92 Å². The number of rotatable bonds is 4. The van der Waals surface area contributed by atoms with Crippen LogP contribution in [0.15, 0.2) is 24.3 Å². The Morgan fingerprint density at radius 2 is 2.00 bits per heavy atom. The Hall–Kier alpha value is -2.45. The first-order valence-corrected chi connectivity index (χ1v) is 7.83. The van der Waals surface area contributed by atoms with Crippen LogP contribution in [0.1, 0.15) is 19.8 Å². The second kappa shape index (κ2) is 7.62. The van der Waals surface area contributed by atoms with Gasteiger partial charge in [0.1, 0.15) is 5.75 Å². The molecule has 138 valence electrons. The number of para-hydroxylation sites is 2. The van der Waals surface area contributed by atoms with Gasteiger partial charge in [-0.05, 0) is 31.9 Å². The molecule has 1 saturated heterocycles. The second-order valence-corrected chi connectivity index (χ2v) is 6.01. The number of benzene rings is 1. The predicted octanol–water partition coefficient (Wildman–Crippen LogP) is 2.75. The van der Waals surface area contributed by atoms with Crippen LogP contribution in [0.5, 0.6) is 5.75 Å². The highest BCUT2D eigenvalue weighted by Gasteiger charge is 2.32. The summed E-state index contributed by atoms with van der Waals surface area (Å²) < 4.78 is 41.7. The Labute approximate surface area is 143 Å². The fourth-order valence-corrected chi connectivity index (χ4v) is 2.66. The van der Waals surface area contributed by atoms with Crippen LogP contribution in [-0.2, 0) is 4.79 Å². The largest absolute Gasteiger partial charge is 0.482 e. The Bertz CT molecular complexity index is 637. The van der Waals surface area contributed by atoms with Gasteiger partial charge in [0, 0.05) is 12.6 Å². The molecule has 0 spiro atoms. The maximum Gasteiger partial charge on any atom is 0.422 e. The Balaban J connectivity index is 2.08. The van der Waals surface area contributed by atoms with Crippen LogP contribution in [0.2, 0.25) is 0 Å². The van der Waals surface area contributed by atoms with Gasteiger partial charge in [-0.3, -0.25) is 4.79 Å². The first-order valence-electron chi connectivity index (χ1n) is 7.83. The number of amides is 3.